The van der Waals surface area contributed by atoms with E-state index in [2.05, 4.69) is 24.1 Å². The fourth-order valence-corrected chi connectivity index (χ4v) is 4.14. The van der Waals surface area contributed by atoms with Crippen LogP contribution >= 0.6 is 0 Å². The zero-order chi connectivity index (χ0) is 16.8. The van der Waals surface area contributed by atoms with Crippen molar-refractivity contribution in [1.82, 2.24) is 10.2 Å². The molecule has 24 heavy (non-hydrogen) atoms. The maximum atomic E-state index is 5.98. The molecule has 0 amide bonds. The van der Waals surface area contributed by atoms with Gasteiger partial charge in [0.15, 0.2) is 5.96 Å². The fourth-order valence-electron chi connectivity index (χ4n) is 4.14. The maximum Gasteiger partial charge on any atom is 0.194 e. The molecule has 1 saturated carbocycles. The number of guanidine groups is 1. The Hall–Kier alpha value is -0.810. The van der Waals surface area contributed by atoms with Crippen molar-refractivity contribution in [3.63, 3.8) is 0 Å². The number of ether oxygens (including phenoxy) is 2. The van der Waals surface area contributed by atoms with E-state index in [-0.39, 0.29) is 12.2 Å². The minimum Gasteiger partial charge on any atom is -0.375 e. The Labute approximate surface area is 147 Å². The van der Waals surface area contributed by atoms with Crippen LogP contribution in [0.4, 0.5) is 0 Å². The molecule has 0 bridgehead atoms. The number of nitrogens with one attached hydrogen (secondary N) is 1. The van der Waals surface area contributed by atoms with Crippen molar-refractivity contribution in [3.8, 4) is 0 Å². The molecule has 138 valence electrons. The van der Waals surface area contributed by atoms with Gasteiger partial charge in [0.2, 0.25) is 0 Å². The van der Waals surface area contributed by atoms with Crippen molar-refractivity contribution in [3.05, 3.63) is 0 Å². The summed E-state index contributed by atoms with van der Waals surface area (Å²) in [6.45, 7) is 9.90. The van der Waals surface area contributed by atoms with Gasteiger partial charge in [-0.15, -0.1) is 0 Å². The first-order valence-electron chi connectivity index (χ1n) is 10.0. The maximum absolute atomic E-state index is 5.98. The third-order valence-electron chi connectivity index (χ3n) is 5.74. The Bertz CT molecular complexity index is 401. The zero-order valence-electron chi connectivity index (χ0n) is 15.5. The smallest absolute Gasteiger partial charge is 0.194 e. The van der Waals surface area contributed by atoms with Crippen LogP contribution in [0.25, 0.3) is 0 Å². The summed E-state index contributed by atoms with van der Waals surface area (Å²) < 4.78 is 11.8. The Kier molecular flexibility index (Phi) is 6.78. The number of rotatable bonds is 4. The van der Waals surface area contributed by atoms with Gasteiger partial charge in [0, 0.05) is 32.8 Å². The van der Waals surface area contributed by atoms with E-state index in [1.807, 2.05) is 0 Å². The van der Waals surface area contributed by atoms with Crippen LogP contribution in [0.15, 0.2) is 4.99 Å². The molecular formula is C19H35N3O2. The van der Waals surface area contributed by atoms with Gasteiger partial charge in [-0.25, -0.2) is 0 Å². The molecule has 5 nitrogen and oxygen atoms in total. The van der Waals surface area contributed by atoms with Crippen molar-refractivity contribution < 1.29 is 9.47 Å². The number of hydrogen-bond donors (Lipinski definition) is 1. The second kappa shape index (κ2) is 9.04. The molecule has 3 fully saturated rings. The third-order valence-corrected chi connectivity index (χ3v) is 5.74. The van der Waals surface area contributed by atoms with Crippen molar-refractivity contribution in [2.24, 2.45) is 16.8 Å². The van der Waals surface area contributed by atoms with E-state index in [1.165, 1.54) is 32.1 Å². The van der Waals surface area contributed by atoms with Gasteiger partial charge >= 0.3 is 0 Å². The molecule has 0 spiro atoms. The van der Waals surface area contributed by atoms with Gasteiger partial charge in [0.25, 0.3) is 0 Å². The SMILES string of the molecule is CCNC(=NCC1CCC(C)CC1)N1CCOC(C2CCCO2)C1. The minimum absolute atomic E-state index is 0.195. The number of nitrogens with zero attached hydrogens (tertiary/aromatic N) is 2. The lowest BCUT2D eigenvalue weighted by atomic mass is 9.83. The lowest BCUT2D eigenvalue weighted by molar-refractivity contribution is -0.0817. The van der Waals surface area contributed by atoms with E-state index in [1.54, 1.807) is 0 Å². The molecule has 1 aliphatic carbocycles. The normalized spacial score (nSPS) is 35.2. The van der Waals surface area contributed by atoms with E-state index in [0.717, 1.165) is 63.6 Å². The molecular weight excluding hydrogens is 302 g/mol. The molecule has 3 rings (SSSR count). The minimum atomic E-state index is 0.195. The van der Waals surface area contributed by atoms with Gasteiger partial charge in [0.05, 0.1) is 12.7 Å². The molecule has 1 N–H and O–H groups in total. The van der Waals surface area contributed by atoms with Crippen molar-refractivity contribution in [2.75, 3.05) is 39.4 Å². The zero-order valence-corrected chi connectivity index (χ0v) is 15.5. The first-order valence-corrected chi connectivity index (χ1v) is 10.0. The molecule has 2 unspecified atom stereocenters. The highest BCUT2D eigenvalue weighted by Gasteiger charge is 2.32. The standard InChI is InChI=1S/C19H35N3O2/c1-3-20-19(21-13-16-8-6-15(2)7-9-16)22-10-12-24-18(14-22)17-5-4-11-23-17/h15-18H,3-14H2,1-2H3,(H,20,21). The molecule has 0 aromatic heterocycles. The molecule has 2 saturated heterocycles. The average molecular weight is 338 g/mol. The lowest BCUT2D eigenvalue weighted by Crippen LogP contribution is -2.53. The summed E-state index contributed by atoms with van der Waals surface area (Å²) >= 11 is 0. The molecule has 0 aromatic carbocycles. The highest BCUT2D eigenvalue weighted by molar-refractivity contribution is 5.80. The first kappa shape index (κ1) is 18.0. The summed E-state index contributed by atoms with van der Waals surface area (Å²) in [4.78, 5) is 7.36. The van der Waals surface area contributed by atoms with Crippen LogP contribution in [0.1, 0.15) is 52.4 Å². The number of aliphatic imine (C=N–C) groups is 1. The van der Waals surface area contributed by atoms with Gasteiger partial charge < -0.3 is 19.7 Å². The van der Waals surface area contributed by atoms with Crippen LogP contribution in [-0.2, 0) is 9.47 Å². The Morgan fingerprint density at radius 3 is 2.58 bits per heavy atom. The quantitative estimate of drug-likeness (QED) is 0.633. The Balaban J connectivity index is 1.55. The van der Waals surface area contributed by atoms with Gasteiger partial charge in [-0.3, -0.25) is 4.99 Å². The van der Waals surface area contributed by atoms with E-state index >= 15 is 0 Å². The lowest BCUT2D eigenvalue weighted by Gasteiger charge is -2.37. The predicted molar refractivity (Wildman–Crippen MR) is 97.4 cm³/mol. The number of morpholine rings is 1. The van der Waals surface area contributed by atoms with Crippen molar-refractivity contribution in [2.45, 2.75) is 64.6 Å². The molecule has 5 heteroatoms. The predicted octanol–water partition coefficient (Wildman–Crippen LogP) is 2.66. The van der Waals surface area contributed by atoms with E-state index in [4.69, 9.17) is 14.5 Å². The fraction of sp³-hybridized carbons (Fsp3) is 0.947. The summed E-state index contributed by atoms with van der Waals surface area (Å²) in [5.41, 5.74) is 0. The van der Waals surface area contributed by atoms with Gasteiger partial charge in [-0.2, -0.15) is 0 Å². The van der Waals surface area contributed by atoms with E-state index in [9.17, 15) is 0 Å². The first-order chi connectivity index (χ1) is 11.8. The van der Waals surface area contributed by atoms with Crippen LogP contribution in [0.2, 0.25) is 0 Å². The number of hydrogen-bond acceptors (Lipinski definition) is 3. The summed E-state index contributed by atoms with van der Waals surface area (Å²) in [6.07, 6.45) is 8.18. The van der Waals surface area contributed by atoms with Crippen LogP contribution in [0, 0.1) is 11.8 Å². The third kappa shape index (κ3) is 4.85. The van der Waals surface area contributed by atoms with Crippen LogP contribution in [-0.4, -0.2) is 62.5 Å². The van der Waals surface area contributed by atoms with Gasteiger partial charge in [0.1, 0.15) is 6.10 Å². The monoisotopic (exact) mass is 337 g/mol. The summed E-state index contributed by atoms with van der Waals surface area (Å²) in [6, 6.07) is 0. The second-order valence-corrected chi connectivity index (χ2v) is 7.73. The highest BCUT2D eigenvalue weighted by atomic mass is 16.5. The molecule has 2 aliphatic heterocycles. The summed E-state index contributed by atoms with van der Waals surface area (Å²) in [5, 5.41) is 3.49. The molecule has 3 aliphatic rings. The molecule has 0 aromatic rings. The van der Waals surface area contributed by atoms with Gasteiger partial charge in [-0.05, 0) is 44.4 Å². The molecule has 0 radical (unpaired) electrons. The summed E-state index contributed by atoms with van der Waals surface area (Å²) in [5.74, 6) is 2.75. The van der Waals surface area contributed by atoms with Crippen molar-refractivity contribution in [1.29, 1.82) is 0 Å². The Morgan fingerprint density at radius 2 is 1.88 bits per heavy atom. The van der Waals surface area contributed by atoms with Crippen LogP contribution < -0.4 is 5.32 Å². The van der Waals surface area contributed by atoms with Gasteiger partial charge in [-0.1, -0.05) is 19.8 Å². The van der Waals surface area contributed by atoms with Crippen LogP contribution in [0.5, 0.6) is 0 Å². The summed E-state index contributed by atoms with van der Waals surface area (Å²) in [7, 11) is 0. The van der Waals surface area contributed by atoms with Crippen LogP contribution in [0.3, 0.4) is 0 Å². The van der Waals surface area contributed by atoms with E-state index in [0.29, 0.717) is 0 Å². The molecule has 2 heterocycles. The topological polar surface area (TPSA) is 46.1 Å². The highest BCUT2D eigenvalue weighted by Crippen LogP contribution is 2.28. The van der Waals surface area contributed by atoms with Crippen molar-refractivity contribution >= 4 is 5.96 Å². The molecule has 2 atom stereocenters. The largest absolute Gasteiger partial charge is 0.375 e. The average Bonchev–Trinajstić information content (AvgIpc) is 3.15. The second-order valence-electron chi connectivity index (χ2n) is 7.73. The van der Waals surface area contributed by atoms with E-state index < -0.39 is 0 Å². The Morgan fingerprint density at radius 1 is 1.08 bits per heavy atom.